The van der Waals surface area contributed by atoms with Crippen molar-refractivity contribution in [3.63, 3.8) is 0 Å². The van der Waals surface area contributed by atoms with Crippen molar-refractivity contribution in [2.45, 2.75) is 37.8 Å². The quantitative estimate of drug-likeness (QED) is 0.701. The molecule has 28 heavy (non-hydrogen) atoms. The second-order valence-electron chi connectivity index (χ2n) is 7.47. The van der Waals surface area contributed by atoms with E-state index in [1.165, 1.54) is 3.97 Å². The third kappa shape index (κ3) is 3.52. The molecule has 1 saturated heterocycles. The first-order valence-corrected chi connectivity index (χ1v) is 10.7. The van der Waals surface area contributed by atoms with Crippen LogP contribution in [0.5, 0.6) is 0 Å². The van der Waals surface area contributed by atoms with Crippen molar-refractivity contribution in [1.82, 2.24) is 9.29 Å². The summed E-state index contributed by atoms with van der Waals surface area (Å²) in [7, 11) is -3.64. The van der Waals surface area contributed by atoms with Crippen LogP contribution in [0.1, 0.15) is 19.4 Å². The van der Waals surface area contributed by atoms with E-state index < -0.39 is 10.0 Å². The van der Waals surface area contributed by atoms with Gasteiger partial charge in [0.15, 0.2) is 0 Å². The number of hydrogen-bond acceptors (Lipinski definition) is 4. The Balaban J connectivity index is 0.00000225. The van der Waals surface area contributed by atoms with Gasteiger partial charge in [0.2, 0.25) is 0 Å². The summed E-state index contributed by atoms with van der Waals surface area (Å²) in [5, 5.41) is 4.51. The molecule has 5 nitrogen and oxygen atoms in total. The second-order valence-corrected chi connectivity index (χ2v) is 9.25. The summed E-state index contributed by atoms with van der Waals surface area (Å²) in [5.41, 5.74) is 2.56. The molecule has 150 valence electrons. The summed E-state index contributed by atoms with van der Waals surface area (Å²) in [6.45, 7) is 7.99. The summed E-state index contributed by atoms with van der Waals surface area (Å²) < 4.78 is 27.9. The molecule has 2 heterocycles. The minimum Gasteiger partial charge on any atom is -0.368 e. The number of nitrogens with zero attached hydrogens (tertiary/aromatic N) is 2. The molecule has 1 aromatic heterocycles. The molecular formula is C21H26ClN3O2S. The Labute approximate surface area is 172 Å². The molecule has 0 aliphatic carbocycles. The van der Waals surface area contributed by atoms with E-state index in [1.807, 2.05) is 37.3 Å². The van der Waals surface area contributed by atoms with Crippen LogP contribution in [0.25, 0.3) is 10.9 Å². The molecule has 0 radical (unpaired) electrons. The minimum atomic E-state index is -3.64. The van der Waals surface area contributed by atoms with E-state index in [0.717, 1.165) is 35.2 Å². The molecule has 0 saturated carbocycles. The van der Waals surface area contributed by atoms with Gasteiger partial charge in [0.05, 0.1) is 10.4 Å². The number of nitrogens with one attached hydrogen (secondary N) is 1. The van der Waals surface area contributed by atoms with Crippen LogP contribution < -0.4 is 10.2 Å². The van der Waals surface area contributed by atoms with Gasteiger partial charge in [-0.15, -0.1) is 12.4 Å². The number of benzene rings is 2. The summed E-state index contributed by atoms with van der Waals surface area (Å²) in [4.78, 5) is 2.69. The van der Waals surface area contributed by atoms with E-state index >= 15 is 0 Å². The Hall–Kier alpha value is -2.02. The van der Waals surface area contributed by atoms with Crippen LogP contribution in [-0.2, 0) is 10.0 Å². The molecule has 0 amide bonds. The largest absolute Gasteiger partial charge is 0.368 e. The molecule has 4 rings (SSSR count). The second kappa shape index (κ2) is 7.78. The average molecular weight is 420 g/mol. The number of hydrogen-bond donors (Lipinski definition) is 1. The fraction of sp³-hybridized carbons (Fsp3) is 0.333. The zero-order valence-electron chi connectivity index (χ0n) is 16.3. The summed E-state index contributed by atoms with van der Waals surface area (Å²) in [6, 6.07) is 15.7. The number of halogens is 1. The highest BCUT2D eigenvalue weighted by molar-refractivity contribution is 7.90. The lowest BCUT2D eigenvalue weighted by atomic mass is 10.1. The molecule has 0 unspecified atom stereocenters. The van der Waals surface area contributed by atoms with Crippen molar-refractivity contribution in [1.29, 1.82) is 0 Å². The Kier molecular flexibility index (Phi) is 5.75. The zero-order valence-corrected chi connectivity index (χ0v) is 17.9. The van der Waals surface area contributed by atoms with Crippen molar-refractivity contribution in [2.24, 2.45) is 0 Å². The Morgan fingerprint density at radius 3 is 2.32 bits per heavy atom. The summed E-state index contributed by atoms with van der Waals surface area (Å²) in [5.74, 6) is 0. The Morgan fingerprint density at radius 1 is 0.964 bits per heavy atom. The van der Waals surface area contributed by atoms with Crippen molar-refractivity contribution < 1.29 is 8.42 Å². The lowest BCUT2D eigenvalue weighted by Crippen LogP contribution is -2.54. The van der Waals surface area contributed by atoms with E-state index in [2.05, 4.69) is 30.1 Å². The highest BCUT2D eigenvalue weighted by atomic mass is 35.5. The number of aromatic nitrogens is 1. The van der Waals surface area contributed by atoms with Crippen molar-refractivity contribution >= 4 is 39.0 Å². The standard InChI is InChI=1S/C21H25N3O2S.ClH/c1-15-7-4-5-10-21(15)27(25,26)24-12-11-18-19(8-6-9-20(18)24)23-13-16(2)22-17(3)14-23;/h4-12,16-17,22H,13-14H2,1-3H3;1H/t16-,17+;. The van der Waals surface area contributed by atoms with E-state index in [9.17, 15) is 8.42 Å². The van der Waals surface area contributed by atoms with Crippen molar-refractivity contribution in [2.75, 3.05) is 18.0 Å². The third-order valence-corrected chi connectivity index (χ3v) is 7.05. The molecule has 1 aliphatic heterocycles. The van der Waals surface area contributed by atoms with E-state index in [4.69, 9.17) is 0 Å². The van der Waals surface area contributed by atoms with Crippen LogP contribution in [0.2, 0.25) is 0 Å². The highest BCUT2D eigenvalue weighted by Crippen LogP contribution is 2.31. The molecule has 1 aliphatic rings. The maximum absolute atomic E-state index is 13.3. The number of anilines is 1. The van der Waals surface area contributed by atoms with Gasteiger partial charge >= 0.3 is 0 Å². The molecule has 3 aromatic rings. The van der Waals surface area contributed by atoms with Crippen LogP contribution in [0.3, 0.4) is 0 Å². The number of aryl methyl sites for hydroxylation is 1. The van der Waals surface area contributed by atoms with E-state index in [-0.39, 0.29) is 12.4 Å². The molecule has 7 heteroatoms. The van der Waals surface area contributed by atoms with Gasteiger partial charge in [0.25, 0.3) is 10.0 Å². The molecule has 0 bridgehead atoms. The van der Waals surface area contributed by atoms with E-state index in [1.54, 1.807) is 18.3 Å². The van der Waals surface area contributed by atoms with Crippen LogP contribution in [-0.4, -0.2) is 37.6 Å². The average Bonchev–Trinajstić information content (AvgIpc) is 3.06. The predicted octanol–water partition coefficient (Wildman–Crippen LogP) is 3.80. The highest BCUT2D eigenvalue weighted by Gasteiger charge is 2.25. The lowest BCUT2D eigenvalue weighted by Gasteiger charge is -2.38. The minimum absolute atomic E-state index is 0. The molecule has 2 aromatic carbocycles. The molecule has 0 spiro atoms. The van der Waals surface area contributed by atoms with Crippen molar-refractivity contribution in [3.05, 3.63) is 60.3 Å². The lowest BCUT2D eigenvalue weighted by molar-refractivity contribution is 0.407. The molecular weight excluding hydrogens is 394 g/mol. The first-order valence-electron chi connectivity index (χ1n) is 9.30. The fourth-order valence-corrected chi connectivity index (χ4v) is 5.66. The number of fused-ring (bicyclic) bond motifs is 1. The summed E-state index contributed by atoms with van der Waals surface area (Å²) >= 11 is 0. The monoisotopic (exact) mass is 419 g/mol. The van der Waals surface area contributed by atoms with Gasteiger partial charge in [-0.25, -0.2) is 12.4 Å². The number of piperazine rings is 1. The van der Waals surface area contributed by atoms with Crippen LogP contribution >= 0.6 is 12.4 Å². The molecule has 1 fully saturated rings. The Morgan fingerprint density at radius 2 is 1.64 bits per heavy atom. The normalized spacial score (nSPS) is 20.2. The van der Waals surface area contributed by atoms with Crippen LogP contribution in [0.4, 0.5) is 5.69 Å². The smallest absolute Gasteiger partial charge is 0.268 e. The van der Waals surface area contributed by atoms with Crippen LogP contribution in [0.15, 0.2) is 59.6 Å². The topological polar surface area (TPSA) is 54.3 Å². The maximum atomic E-state index is 13.3. The van der Waals surface area contributed by atoms with Gasteiger partial charge in [-0.3, -0.25) is 0 Å². The third-order valence-electron chi connectivity index (χ3n) is 5.20. The zero-order chi connectivity index (χ0) is 19.2. The van der Waals surface area contributed by atoms with E-state index in [0.29, 0.717) is 17.0 Å². The summed E-state index contributed by atoms with van der Waals surface area (Å²) in [6.07, 6.45) is 1.67. The van der Waals surface area contributed by atoms with Gasteiger partial charge < -0.3 is 10.2 Å². The van der Waals surface area contributed by atoms with Gasteiger partial charge in [-0.1, -0.05) is 24.3 Å². The Bertz CT molecular complexity index is 1080. The SMILES string of the molecule is Cc1ccccc1S(=O)(=O)n1ccc2c(N3C[C@@H](C)N[C@@H](C)C3)cccc21.Cl. The van der Waals surface area contributed by atoms with Gasteiger partial charge in [0, 0.05) is 42.4 Å². The predicted molar refractivity (Wildman–Crippen MR) is 117 cm³/mol. The molecule has 2 atom stereocenters. The van der Waals surface area contributed by atoms with Crippen LogP contribution in [0, 0.1) is 6.92 Å². The fourth-order valence-electron chi connectivity index (χ4n) is 4.09. The molecule has 1 N–H and O–H groups in total. The van der Waals surface area contributed by atoms with Gasteiger partial charge in [-0.05, 0) is 50.6 Å². The van der Waals surface area contributed by atoms with Gasteiger partial charge in [-0.2, -0.15) is 0 Å². The van der Waals surface area contributed by atoms with Gasteiger partial charge in [0.1, 0.15) is 0 Å². The maximum Gasteiger partial charge on any atom is 0.268 e. The first kappa shape index (κ1) is 20.7. The van der Waals surface area contributed by atoms with Crippen molar-refractivity contribution in [3.8, 4) is 0 Å². The first-order chi connectivity index (χ1) is 12.9. The number of rotatable bonds is 3.